The van der Waals surface area contributed by atoms with Crippen LogP contribution in [0.2, 0.25) is 0 Å². The van der Waals surface area contributed by atoms with Crippen molar-refractivity contribution in [2.24, 2.45) is 5.73 Å². The van der Waals surface area contributed by atoms with Crippen LogP contribution in [0, 0.1) is 41.7 Å². The highest BCUT2D eigenvalue weighted by atomic mass is 19.2. The van der Waals surface area contributed by atoms with E-state index in [0.717, 1.165) is 0 Å². The second kappa shape index (κ2) is 7.76. The average Bonchev–Trinajstić information content (AvgIpc) is 2.97. The zero-order chi connectivity index (χ0) is 21.3. The fraction of sp³-hybridized carbons (Fsp3) is 0.286. The maximum Gasteiger partial charge on any atom is 0.296 e. The molecule has 1 aliphatic carbocycles. The quantitative estimate of drug-likeness (QED) is 0.694. The molecule has 29 heavy (non-hydrogen) atoms. The summed E-state index contributed by atoms with van der Waals surface area (Å²) in [6.45, 7) is 3.11. The molecule has 8 heteroatoms. The molecular formula is C21H18F2N4O2. The highest BCUT2D eigenvalue weighted by Crippen LogP contribution is 2.39. The highest BCUT2D eigenvalue weighted by Gasteiger charge is 2.30. The summed E-state index contributed by atoms with van der Waals surface area (Å²) < 4.78 is 29.9. The van der Waals surface area contributed by atoms with Gasteiger partial charge in [-0.3, -0.25) is 9.59 Å². The largest absolute Gasteiger partial charge is 0.365 e. The number of benzene rings is 1. The third-order valence-corrected chi connectivity index (χ3v) is 4.94. The van der Waals surface area contributed by atoms with E-state index < -0.39 is 29.0 Å². The van der Waals surface area contributed by atoms with Crippen LogP contribution in [0.5, 0.6) is 0 Å². The number of fused-ring (bicyclic) bond motifs is 1. The molecule has 0 aliphatic heterocycles. The van der Waals surface area contributed by atoms with Gasteiger partial charge in [0, 0.05) is 22.7 Å². The minimum atomic E-state index is -1.37. The van der Waals surface area contributed by atoms with Gasteiger partial charge in [0.05, 0.1) is 11.1 Å². The second-order valence-corrected chi connectivity index (χ2v) is 6.79. The van der Waals surface area contributed by atoms with Crippen molar-refractivity contribution in [2.75, 3.05) is 0 Å². The molecule has 0 spiro atoms. The Morgan fingerprint density at radius 2 is 2.07 bits per heavy atom. The summed E-state index contributed by atoms with van der Waals surface area (Å²) in [5.74, 6) is 0.699. The van der Waals surface area contributed by atoms with E-state index in [2.05, 4.69) is 22.1 Å². The van der Waals surface area contributed by atoms with E-state index in [1.807, 2.05) is 6.07 Å². The summed E-state index contributed by atoms with van der Waals surface area (Å²) in [6, 6.07) is 1.67. The van der Waals surface area contributed by atoms with Gasteiger partial charge in [0.25, 0.3) is 11.8 Å². The first-order chi connectivity index (χ1) is 13.8. The molecule has 2 amide bonds. The predicted molar refractivity (Wildman–Crippen MR) is 103 cm³/mol. The summed E-state index contributed by atoms with van der Waals surface area (Å²) in [4.78, 5) is 26.3. The number of hydrogen-bond donors (Lipinski definition) is 3. The summed E-state index contributed by atoms with van der Waals surface area (Å²) >= 11 is 0. The number of nitrogens with two attached hydrogens (primary N) is 1. The van der Waals surface area contributed by atoms with Crippen LogP contribution in [-0.2, 0) is 4.79 Å². The molecule has 0 unspecified atom stereocenters. The molecule has 2 aromatic rings. The molecule has 0 saturated carbocycles. The first-order valence-corrected chi connectivity index (χ1v) is 8.95. The SMILES string of the molecule is CC#CC(=O)N[C@H]1CCC=C(c2c(F)c(F)c(C(N)=O)c3[nH]c(C)c(C#N)c23)C1. The Kier molecular flexibility index (Phi) is 5.38. The molecule has 1 atom stereocenters. The predicted octanol–water partition coefficient (Wildman–Crippen LogP) is 2.80. The molecule has 1 aromatic heterocycles. The van der Waals surface area contributed by atoms with Crippen molar-refractivity contribution in [3.8, 4) is 17.9 Å². The average molecular weight is 396 g/mol. The third-order valence-electron chi connectivity index (χ3n) is 4.94. The Morgan fingerprint density at radius 3 is 2.69 bits per heavy atom. The number of aromatic amines is 1. The van der Waals surface area contributed by atoms with Crippen LogP contribution < -0.4 is 11.1 Å². The van der Waals surface area contributed by atoms with Gasteiger partial charge in [0.1, 0.15) is 11.6 Å². The van der Waals surface area contributed by atoms with Crippen LogP contribution in [0.3, 0.4) is 0 Å². The normalized spacial score (nSPS) is 15.8. The van der Waals surface area contributed by atoms with Crippen molar-refractivity contribution in [2.45, 2.75) is 39.2 Å². The van der Waals surface area contributed by atoms with Crippen LogP contribution in [0.25, 0.3) is 16.5 Å². The van der Waals surface area contributed by atoms with Crippen LogP contribution in [-0.4, -0.2) is 22.8 Å². The van der Waals surface area contributed by atoms with E-state index in [4.69, 9.17) is 5.73 Å². The Hall–Kier alpha value is -3.65. The van der Waals surface area contributed by atoms with Gasteiger partial charge in [-0.25, -0.2) is 8.78 Å². The molecule has 0 radical (unpaired) electrons. The Morgan fingerprint density at radius 1 is 1.34 bits per heavy atom. The number of H-pyrrole nitrogens is 1. The van der Waals surface area contributed by atoms with Crippen molar-refractivity contribution in [1.29, 1.82) is 5.26 Å². The molecule has 0 bridgehead atoms. The summed E-state index contributed by atoms with van der Waals surface area (Å²) in [7, 11) is 0. The Balaban J connectivity index is 2.20. The van der Waals surface area contributed by atoms with Crippen LogP contribution in [0.1, 0.15) is 53.4 Å². The van der Waals surface area contributed by atoms with Crippen molar-refractivity contribution in [3.63, 3.8) is 0 Å². The number of aryl methyl sites for hydroxylation is 1. The topological polar surface area (TPSA) is 112 Å². The van der Waals surface area contributed by atoms with E-state index in [-0.39, 0.29) is 34.5 Å². The van der Waals surface area contributed by atoms with E-state index >= 15 is 4.39 Å². The lowest BCUT2D eigenvalue weighted by atomic mass is 9.86. The minimum Gasteiger partial charge on any atom is -0.365 e. The fourth-order valence-corrected chi connectivity index (χ4v) is 3.75. The number of nitrogens with zero attached hydrogens (tertiary/aromatic N) is 1. The van der Waals surface area contributed by atoms with Gasteiger partial charge in [-0.1, -0.05) is 12.0 Å². The minimum absolute atomic E-state index is 0.00985. The smallest absolute Gasteiger partial charge is 0.296 e. The summed E-state index contributed by atoms with van der Waals surface area (Å²) in [5, 5.41) is 12.4. The van der Waals surface area contributed by atoms with Crippen LogP contribution in [0.4, 0.5) is 8.78 Å². The molecule has 4 N–H and O–H groups in total. The summed E-state index contributed by atoms with van der Waals surface area (Å²) in [6.07, 6.45) is 3.11. The lowest BCUT2D eigenvalue weighted by molar-refractivity contribution is -0.116. The number of hydrogen-bond acceptors (Lipinski definition) is 3. The monoisotopic (exact) mass is 396 g/mol. The zero-order valence-corrected chi connectivity index (χ0v) is 15.9. The van der Waals surface area contributed by atoms with Gasteiger partial charge in [-0.2, -0.15) is 5.26 Å². The number of amides is 2. The molecule has 148 valence electrons. The third kappa shape index (κ3) is 3.45. The molecule has 0 saturated heterocycles. The number of rotatable bonds is 3. The maximum absolute atomic E-state index is 15.1. The van der Waals surface area contributed by atoms with Crippen molar-refractivity contribution < 1.29 is 18.4 Å². The number of nitrogens with one attached hydrogen (secondary N) is 2. The number of halogens is 2. The van der Waals surface area contributed by atoms with E-state index in [1.54, 1.807) is 19.9 Å². The highest BCUT2D eigenvalue weighted by molar-refractivity contribution is 6.10. The molecule has 1 aromatic carbocycles. The first kappa shape index (κ1) is 20.1. The van der Waals surface area contributed by atoms with Gasteiger partial charge < -0.3 is 16.0 Å². The van der Waals surface area contributed by atoms with Gasteiger partial charge in [-0.15, -0.1) is 0 Å². The second-order valence-electron chi connectivity index (χ2n) is 6.79. The van der Waals surface area contributed by atoms with Gasteiger partial charge in [-0.05, 0) is 44.6 Å². The lowest BCUT2D eigenvalue weighted by Gasteiger charge is -2.24. The van der Waals surface area contributed by atoms with Crippen molar-refractivity contribution in [1.82, 2.24) is 10.3 Å². The number of aromatic nitrogens is 1. The van der Waals surface area contributed by atoms with Crippen LogP contribution in [0.15, 0.2) is 6.08 Å². The Labute approximate surface area is 165 Å². The molecule has 1 aliphatic rings. The van der Waals surface area contributed by atoms with Crippen LogP contribution >= 0.6 is 0 Å². The zero-order valence-electron chi connectivity index (χ0n) is 15.9. The maximum atomic E-state index is 15.1. The Bertz CT molecular complexity index is 1180. The standard InChI is InChI=1S/C21H18F2N4O2/c1-3-5-14(28)27-12-7-4-6-11(8-12)15-16-13(9-24)10(2)26-20(16)17(21(25)29)19(23)18(15)22/h6,12,26H,4,7-8H2,1-2H3,(H2,25,29)(H,27,28)/t12-/m0/s1. The number of carbonyl (C=O) groups excluding carboxylic acids is 2. The van der Waals surface area contributed by atoms with E-state index in [0.29, 0.717) is 24.1 Å². The molecule has 0 fully saturated rings. The molecular weight excluding hydrogens is 378 g/mol. The molecule has 3 rings (SSSR count). The fourth-order valence-electron chi connectivity index (χ4n) is 3.75. The van der Waals surface area contributed by atoms with E-state index in [1.165, 1.54) is 0 Å². The van der Waals surface area contributed by atoms with Crippen molar-refractivity contribution in [3.05, 3.63) is 40.1 Å². The lowest BCUT2D eigenvalue weighted by Crippen LogP contribution is -2.35. The molecule has 1 heterocycles. The van der Waals surface area contributed by atoms with Gasteiger partial charge >= 0.3 is 0 Å². The number of nitriles is 1. The van der Waals surface area contributed by atoms with E-state index in [9.17, 15) is 19.2 Å². The molecule has 6 nitrogen and oxygen atoms in total. The summed E-state index contributed by atoms with van der Waals surface area (Å²) in [5.41, 5.74) is 5.46. The first-order valence-electron chi connectivity index (χ1n) is 8.95. The number of primary amides is 1. The van der Waals surface area contributed by atoms with Gasteiger partial charge in [0.2, 0.25) is 0 Å². The van der Waals surface area contributed by atoms with Crippen molar-refractivity contribution >= 4 is 28.3 Å². The van der Waals surface area contributed by atoms with Gasteiger partial charge in [0.15, 0.2) is 11.6 Å². The number of allylic oxidation sites excluding steroid dienone is 1. The number of carbonyl (C=O) groups is 2.